The predicted octanol–water partition coefficient (Wildman–Crippen LogP) is 5.51. The number of hydrogen-bond donors (Lipinski definition) is 1. The Hall–Kier alpha value is -2.54. The summed E-state index contributed by atoms with van der Waals surface area (Å²) in [7, 11) is 0. The van der Waals surface area contributed by atoms with Gasteiger partial charge in [0.25, 0.3) is 5.91 Å². The lowest BCUT2D eigenvalue weighted by Crippen LogP contribution is -2.37. The number of amides is 1. The van der Waals surface area contributed by atoms with Crippen molar-refractivity contribution in [2.75, 3.05) is 19.6 Å². The average Bonchev–Trinajstić information content (AvgIpc) is 3.24. The third-order valence-electron chi connectivity index (χ3n) is 5.71. The summed E-state index contributed by atoms with van der Waals surface area (Å²) in [6, 6.07) is 22.4. The highest BCUT2D eigenvalue weighted by atomic mass is 79.9. The molecular formula is C25H22BrN3OS. The van der Waals surface area contributed by atoms with Gasteiger partial charge in [0.1, 0.15) is 0 Å². The van der Waals surface area contributed by atoms with E-state index in [0.29, 0.717) is 12.1 Å². The standard InChI is InChI=1S/C25H22BrN3OS/c26-24-10-9-23(31-24)22-15-20(19-7-3-4-8-21(19)28-22)25(30)27-12-14-29-13-11-17-5-1-2-6-18(17)16-29/h1-10,15H,11-14,16H2,(H,27,30). The number of carbonyl (C=O) groups excluding carboxylic acids is 1. The molecule has 0 atom stereocenters. The Labute approximate surface area is 194 Å². The van der Waals surface area contributed by atoms with E-state index < -0.39 is 0 Å². The number of nitrogens with zero attached hydrogens (tertiary/aromatic N) is 2. The minimum Gasteiger partial charge on any atom is -0.351 e. The average molecular weight is 492 g/mol. The first-order chi connectivity index (χ1) is 15.2. The molecule has 2 aromatic heterocycles. The van der Waals surface area contributed by atoms with Gasteiger partial charge in [0, 0.05) is 31.6 Å². The van der Waals surface area contributed by atoms with Gasteiger partial charge in [-0.05, 0) is 57.7 Å². The highest BCUT2D eigenvalue weighted by Gasteiger charge is 2.17. The number of nitrogens with one attached hydrogen (secondary N) is 1. The molecular weight excluding hydrogens is 470 g/mol. The SMILES string of the molecule is O=C(NCCN1CCc2ccccc2C1)c1cc(-c2ccc(Br)s2)nc2ccccc12. The van der Waals surface area contributed by atoms with Crippen molar-refractivity contribution in [2.24, 2.45) is 0 Å². The van der Waals surface area contributed by atoms with E-state index in [0.717, 1.165) is 51.3 Å². The molecule has 156 valence electrons. The van der Waals surface area contributed by atoms with Crippen molar-refractivity contribution in [2.45, 2.75) is 13.0 Å². The Morgan fingerprint density at radius 3 is 2.71 bits per heavy atom. The number of pyridine rings is 1. The third-order valence-corrected chi connectivity index (χ3v) is 7.36. The molecule has 0 saturated heterocycles. The number of rotatable bonds is 5. The second-order valence-corrected chi connectivity index (χ2v) is 10.2. The number of hydrogen-bond acceptors (Lipinski definition) is 4. The highest BCUT2D eigenvalue weighted by molar-refractivity contribution is 9.11. The molecule has 0 radical (unpaired) electrons. The Morgan fingerprint density at radius 2 is 1.87 bits per heavy atom. The van der Waals surface area contributed by atoms with Crippen LogP contribution < -0.4 is 5.32 Å². The van der Waals surface area contributed by atoms with Crippen molar-refractivity contribution >= 4 is 44.1 Å². The van der Waals surface area contributed by atoms with Crippen molar-refractivity contribution in [1.82, 2.24) is 15.2 Å². The van der Waals surface area contributed by atoms with Crippen molar-refractivity contribution in [1.29, 1.82) is 0 Å². The van der Waals surface area contributed by atoms with Crippen molar-refractivity contribution in [3.63, 3.8) is 0 Å². The number of carbonyl (C=O) groups is 1. The van der Waals surface area contributed by atoms with Crippen LogP contribution in [-0.2, 0) is 13.0 Å². The van der Waals surface area contributed by atoms with Crippen LogP contribution in [0.3, 0.4) is 0 Å². The zero-order valence-electron chi connectivity index (χ0n) is 17.0. The number of halogens is 1. The first-order valence-electron chi connectivity index (χ1n) is 10.4. The van der Waals surface area contributed by atoms with Gasteiger partial charge >= 0.3 is 0 Å². The van der Waals surface area contributed by atoms with E-state index >= 15 is 0 Å². The molecule has 3 heterocycles. The summed E-state index contributed by atoms with van der Waals surface area (Å²) in [5.74, 6) is -0.0483. The maximum absolute atomic E-state index is 13.1. The molecule has 0 unspecified atom stereocenters. The molecule has 1 amide bonds. The molecule has 6 heteroatoms. The van der Waals surface area contributed by atoms with E-state index in [1.165, 1.54) is 11.1 Å². The van der Waals surface area contributed by atoms with Gasteiger partial charge in [-0.1, -0.05) is 42.5 Å². The lowest BCUT2D eigenvalue weighted by molar-refractivity contribution is 0.0949. The van der Waals surface area contributed by atoms with Gasteiger partial charge in [-0.3, -0.25) is 9.69 Å². The highest BCUT2D eigenvalue weighted by Crippen LogP contribution is 2.32. The fourth-order valence-corrected chi connectivity index (χ4v) is 5.46. The molecule has 0 aliphatic carbocycles. The van der Waals surface area contributed by atoms with E-state index in [-0.39, 0.29) is 5.91 Å². The van der Waals surface area contributed by atoms with Gasteiger partial charge in [-0.15, -0.1) is 11.3 Å². The van der Waals surface area contributed by atoms with Gasteiger partial charge < -0.3 is 5.32 Å². The largest absolute Gasteiger partial charge is 0.351 e. The third kappa shape index (κ3) is 4.42. The lowest BCUT2D eigenvalue weighted by Gasteiger charge is -2.28. The van der Waals surface area contributed by atoms with Gasteiger partial charge in [-0.2, -0.15) is 0 Å². The topological polar surface area (TPSA) is 45.2 Å². The molecule has 1 aliphatic heterocycles. The van der Waals surface area contributed by atoms with Gasteiger partial charge in [-0.25, -0.2) is 4.98 Å². The van der Waals surface area contributed by atoms with E-state index in [9.17, 15) is 4.79 Å². The lowest BCUT2D eigenvalue weighted by atomic mass is 10.00. The Bertz CT molecular complexity index is 1250. The molecule has 0 spiro atoms. The number of aromatic nitrogens is 1. The Morgan fingerprint density at radius 1 is 1.06 bits per heavy atom. The second-order valence-electron chi connectivity index (χ2n) is 7.73. The van der Waals surface area contributed by atoms with Crippen LogP contribution in [0.1, 0.15) is 21.5 Å². The molecule has 0 fully saturated rings. The number of fused-ring (bicyclic) bond motifs is 2. The number of thiophene rings is 1. The van der Waals surface area contributed by atoms with Crippen LogP contribution in [0, 0.1) is 0 Å². The number of benzene rings is 2. The van der Waals surface area contributed by atoms with E-state index in [1.807, 2.05) is 42.5 Å². The van der Waals surface area contributed by atoms with Crippen LogP contribution >= 0.6 is 27.3 Å². The Kier molecular flexibility index (Phi) is 5.85. The normalized spacial score (nSPS) is 13.8. The van der Waals surface area contributed by atoms with Gasteiger partial charge in [0.15, 0.2) is 0 Å². The van der Waals surface area contributed by atoms with E-state index in [2.05, 4.69) is 50.4 Å². The molecule has 2 aromatic carbocycles. The van der Waals surface area contributed by atoms with Crippen LogP contribution in [-0.4, -0.2) is 35.4 Å². The monoisotopic (exact) mass is 491 g/mol. The summed E-state index contributed by atoms with van der Waals surface area (Å²) in [4.78, 5) is 21.3. The molecule has 5 rings (SSSR count). The smallest absolute Gasteiger partial charge is 0.252 e. The molecule has 4 nitrogen and oxygen atoms in total. The van der Waals surface area contributed by atoms with Crippen LogP contribution in [0.4, 0.5) is 0 Å². The van der Waals surface area contributed by atoms with E-state index in [4.69, 9.17) is 4.98 Å². The molecule has 4 aromatic rings. The molecule has 0 bridgehead atoms. The minimum absolute atomic E-state index is 0.0483. The van der Waals surface area contributed by atoms with Crippen LogP contribution in [0.2, 0.25) is 0 Å². The maximum atomic E-state index is 13.1. The fourth-order valence-electron chi connectivity index (χ4n) is 4.11. The summed E-state index contributed by atoms with van der Waals surface area (Å²) in [6.45, 7) is 3.44. The Balaban J connectivity index is 1.31. The first-order valence-corrected chi connectivity index (χ1v) is 12.0. The van der Waals surface area contributed by atoms with Crippen molar-refractivity contribution in [3.05, 3.63) is 87.2 Å². The van der Waals surface area contributed by atoms with Crippen LogP contribution in [0.25, 0.3) is 21.5 Å². The first kappa shape index (κ1) is 20.4. The van der Waals surface area contributed by atoms with Gasteiger partial charge in [0.05, 0.1) is 25.4 Å². The maximum Gasteiger partial charge on any atom is 0.252 e. The fraction of sp³-hybridized carbons (Fsp3) is 0.200. The summed E-state index contributed by atoms with van der Waals surface area (Å²) in [5, 5.41) is 4.01. The van der Waals surface area contributed by atoms with Gasteiger partial charge in [0.2, 0.25) is 0 Å². The van der Waals surface area contributed by atoms with E-state index in [1.54, 1.807) is 11.3 Å². The summed E-state index contributed by atoms with van der Waals surface area (Å²) >= 11 is 5.13. The van der Waals surface area contributed by atoms with Crippen molar-refractivity contribution in [3.8, 4) is 10.6 Å². The predicted molar refractivity (Wildman–Crippen MR) is 131 cm³/mol. The van der Waals surface area contributed by atoms with Crippen LogP contribution in [0.5, 0.6) is 0 Å². The van der Waals surface area contributed by atoms with Crippen molar-refractivity contribution < 1.29 is 4.79 Å². The van der Waals surface area contributed by atoms with Crippen LogP contribution in [0.15, 0.2) is 70.5 Å². The summed E-state index contributed by atoms with van der Waals surface area (Å²) < 4.78 is 1.05. The molecule has 1 aliphatic rings. The summed E-state index contributed by atoms with van der Waals surface area (Å²) in [5.41, 5.74) is 5.18. The number of para-hydroxylation sites is 1. The molecule has 31 heavy (non-hydrogen) atoms. The zero-order valence-corrected chi connectivity index (χ0v) is 19.4. The molecule has 1 N–H and O–H groups in total. The zero-order chi connectivity index (χ0) is 21.2. The molecule has 0 saturated carbocycles. The summed E-state index contributed by atoms with van der Waals surface area (Å²) in [6.07, 6.45) is 1.07. The second kappa shape index (κ2) is 8.91. The quantitative estimate of drug-likeness (QED) is 0.400. The minimum atomic E-state index is -0.0483.